The topological polar surface area (TPSA) is 78.9 Å². The zero-order chi connectivity index (χ0) is 24.2. The molecule has 0 aliphatic heterocycles. The van der Waals surface area contributed by atoms with E-state index in [0.717, 1.165) is 13.0 Å². The number of carbonyl (C=O) groups is 1. The molecule has 3 aromatic rings. The molecule has 1 aromatic heterocycles. The molecule has 3 rings (SSSR count). The van der Waals surface area contributed by atoms with Crippen LogP contribution in [0.5, 0.6) is 5.88 Å². The van der Waals surface area contributed by atoms with Gasteiger partial charge in [-0.25, -0.2) is 39.5 Å². The fourth-order valence-corrected chi connectivity index (χ4v) is 2.77. The maximum absolute atomic E-state index is 14.2. The van der Waals surface area contributed by atoms with Crippen molar-refractivity contribution >= 4 is 5.78 Å². The Balaban J connectivity index is 0.00000385. The van der Waals surface area contributed by atoms with E-state index in [-0.39, 0.29) is 21.8 Å². The van der Waals surface area contributed by atoms with Gasteiger partial charge in [-0.05, 0) is 6.92 Å². The molecule has 1 N–H and O–H groups in total. The van der Waals surface area contributed by atoms with Gasteiger partial charge in [-0.2, -0.15) is 15.0 Å². The predicted molar refractivity (Wildman–Crippen MR) is 84.2 cm³/mol. The van der Waals surface area contributed by atoms with Crippen LogP contribution < -0.4 is 0 Å². The summed E-state index contributed by atoms with van der Waals surface area (Å²) in [6.07, 6.45) is 0. The van der Waals surface area contributed by atoms with E-state index < -0.39 is 92.1 Å². The summed E-state index contributed by atoms with van der Waals surface area (Å²) in [5.41, 5.74) is -7.53. The number of aryl methyl sites for hydroxylation is 1. The standard InChI is InChI=1S/C18H4F9N3O2.Cu/c1-3-5(17(31)6-9(21)11(23)13(25)12(24)10(6)22)18(32)30(29-3)16-14(26)7(19)4(2-28)8(20)15(16)27;/h32H,1H3;. The van der Waals surface area contributed by atoms with E-state index in [1.807, 2.05) is 0 Å². The maximum Gasteiger partial charge on any atom is 0.226 e. The van der Waals surface area contributed by atoms with E-state index in [0.29, 0.717) is 0 Å². The molecule has 0 bridgehead atoms. The van der Waals surface area contributed by atoms with Crippen LogP contribution in [0.1, 0.15) is 27.2 Å². The molecule has 1 heterocycles. The van der Waals surface area contributed by atoms with Gasteiger partial charge >= 0.3 is 0 Å². The third-order valence-electron chi connectivity index (χ3n) is 4.26. The maximum atomic E-state index is 14.2. The molecule has 0 saturated carbocycles. The number of carbonyl (C=O) groups excluding carboxylic acids is 1. The molecule has 15 heteroatoms. The molecule has 0 amide bonds. The molecule has 0 aliphatic rings. The summed E-state index contributed by atoms with van der Waals surface area (Å²) in [6.45, 7) is 0.807. The summed E-state index contributed by atoms with van der Waals surface area (Å²) < 4.78 is 124. The largest absolute Gasteiger partial charge is 0.493 e. The van der Waals surface area contributed by atoms with Crippen molar-refractivity contribution < 1.29 is 66.5 Å². The molecule has 0 aliphatic carbocycles. The Hall–Kier alpha value is -3.50. The van der Waals surface area contributed by atoms with E-state index in [9.17, 15) is 49.4 Å². The minimum Gasteiger partial charge on any atom is -0.493 e. The zero-order valence-corrected chi connectivity index (χ0v) is 16.3. The van der Waals surface area contributed by atoms with E-state index in [2.05, 4.69) is 5.10 Å². The van der Waals surface area contributed by atoms with Gasteiger partial charge in [0.05, 0.1) is 5.69 Å². The molecule has 5 nitrogen and oxygen atoms in total. The van der Waals surface area contributed by atoms with Crippen molar-refractivity contribution in [1.29, 1.82) is 5.26 Å². The number of benzene rings is 2. The van der Waals surface area contributed by atoms with Crippen LogP contribution in [0.4, 0.5) is 39.5 Å². The van der Waals surface area contributed by atoms with Crippen LogP contribution in [0, 0.1) is 70.6 Å². The Kier molecular flexibility index (Phi) is 6.87. The SMILES string of the molecule is Cc1nn(-c2c(F)c(F)c(C#N)c(F)c2F)c(O)c1C(=O)c1c(F)c(F)c(F)c(F)c1F.[Cu]. The minimum atomic E-state index is -2.58. The first-order valence-corrected chi connectivity index (χ1v) is 7.97. The predicted octanol–water partition coefficient (Wildman–Crippen LogP) is 4.24. The van der Waals surface area contributed by atoms with Crippen LogP contribution in [0.15, 0.2) is 0 Å². The average Bonchev–Trinajstić information content (AvgIpc) is 3.03. The number of halogens is 9. The quantitative estimate of drug-likeness (QED) is 0.181. The van der Waals surface area contributed by atoms with Crippen LogP contribution in [0.3, 0.4) is 0 Å². The van der Waals surface area contributed by atoms with Crippen LogP contribution >= 0.6 is 0 Å². The molecule has 0 fully saturated rings. The summed E-state index contributed by atoms with van der Waals surface area (Å²) in [6, 6.07) is 0.861. The van der Waals surface area contributed by atoms with Crippen LogP contribution in [0.25, 0.3) is 5.69 Å². The zero-order valence-electron chi connectivity index (χ0n) is 15.4. The van der Waals surface area contributed by atoms with Crippen molar-refractivity contribution in [2.45, 2.75) is 6.92 Å². The minimum absolute atomic E-state index is 0. The van der Waals surface area contributed by atoms with Gasteiger partial charge in [-0.15, -0.1) is 0 Å². The van der Waals surface area contributed by atoms with E-state index in [1.54, 1.807) is 0 Å². The molecule has 0 saturated heterocycles. The number of aromatic hydroxyl groups is 1. The van der Waals surface area contributed by atoms with E-state index >= 15 is 0 Å². The van der Waals surface area contributed by atoms with E-state index in [4.69, 9.17) is 5.26 Å². The number of hydrogen-bond donors (Lipinski definition) is 1. The van der Waals surface area contributed by atoms with Crippen LogP contribution in [0.2, 0.25) is 0 Å². The number of hydrogen-bond acceptors (Lipinski definition) is 4. The Bertz CT molecular complexity index is 1320. The summed E-state index contributed by atoms with van der Waals surface area (Å²) in [7, 11) is 0. The first-order chi connectivity index (χ1) is 14.9. The molecular weight excluding hydrogens is 525 g/mol. The van der Waals surface area contributed by atoms with Crippen molar-refractivity contribution in [1.82, 2.24) is 9.78 Å². The fourth-order valence-electron chi connectivity index (χ4n) is 2.77. The number of nitrogens with zero attached hydrogens (tertiary/aromatic N) is 3. The third kappa shape index (κ3) is 3.61. The second-order valence-corrected chi connectivity index (χ2v) is 6.06. The van der Waals surface area contributed by atoms with Gasteiger partial charge in [0.1, 0.15) is 28.4 Å². The summed E-state index contributed by atoms with van der Waals surface area (Å²) >= 11 is 0. The van der Waals surface area contributed by atoms with Crippen LogP contribution in [-0.2, 0) is 17.1 Å². The van der Waals surface area contributed by atoms with Crippen molar-refractivity contribution in [2.24, 2.45) is 0 Å². The van der Waals surface area contributed by atoms with Gasteiger partial charge in [0, 0.05) is 17.1 Å². The Morgan fingerprint density at radius 2 is 1.21 bits per heavy atom. The third-order valence-corrected chi connectivity index (χ3v) is 4.26. The summed E-state index contributed by atoms with van der Waals surface area (Å²) in [5.74, 6) is -25.3. The summed E-state index contributed by atoms with van der Waals surface area (Å²) in [4.78, 5) is 12.5. The van der Waals surface area contributed by atoms with Gasteiger partial charge in [-0.3, -0.25) is 4.79 Å². The van der Waals surface area contributed by atoms with Crippen molar-refractivity contribution in [3.05, 3.63) is 74.7 Å². The Morgan fingerprint density at radius 1 is 0.788 bits per heavy atom. The molecule has 0 atom stereocenters. The molecule has 33 heavy (non-hydrogen) atoms. The van der Waals surface area contributed by atoms with Gasteiger partial charge in [0.2, 0.25) is 17.5 Å². The smallest absolute Gasteiger partial charge is 0.226 e. The number of rotatable bonds is 3. The number of aromatic nitrogens is 2. The first kappa shape index (κ1) is 25.8. The van der Waals surface area contributed by atoms with Gasteiger partial charge < -0.3 is 5.11 Å². The normalized spacial score (nSPS) is 10.7. The second kappa shape index (κ2) is 8.80. The summed E-state index contributed by atoms with van der Waals surface area (Å²) in [5, 5.41) is 22.0. The van der Waals surface area contributed by atoms with Crippen molar-refractivity contribution in [3.8, 4) is 17.6 Å². The Labute approximate surface area is 187 Å². The first-order valence-electron chi connectivity index (χ1n) is 7.97. The number of nitriles is 1. The average molecular weight is 529 g/mol. The molecule has 0 unspecified atom stereocenters. The van der Waals surface area contributed by atoms with Crippen molar-refractivity contribution in [2.75, 3.05) is 0 Å². The van der Waals surface area contributed by atoms with Crippen molar-refractivity contribution in [3.63, 3.8) is 0 Å². The monoisotopic (exact) mass is 528 g/mol. The number of ketones is 1. The van der Waals surface area contributed by atoms with Gasteiger partial charge in [0.15, 0.2) is 46.5 Å². The molecular formula is C18H4CuF9N3O2. The molecule has 2 aromatic carbocycles. The van der Waals surface area contributed by atoms with E-state index in [1.165, 1.54) is 0 Å². The second-order valence-electron chi connectivity index (χ2n) is 6.06. The molecule has 0 spiro atoms. The molecule has 177 valence electrons. The van der Waals surface area contributed by atoms with Crippen LogP contribution in [-0.4, -0.2) is 20.7 Å². The van der Waals surface area contributed by atoms with Gasteiger partial charge in [0.25, 0.3) is 0 Å². The fraction of sp³-hybridized carbons (Fsp3) is 0.0556. The molecule has 1 radical (unpaired) electrons. The van der Waals surface area contributed by atoms with Gasteiger partial charge in [-0.1, -0.05) is 0 Å². The Morgan fingerprint density at radius 3 is 1.64 bits per heavy atom.